The van der Waals surface area contributed by atoms with Gasteiger partial charge in [-0.3, -0.25) is 4.79 Å². The molecule has 0 fully saturated rings. The van der Waals surface area contributed by atoms with E-state index in [0.29, 0.717) is 16.6 Å². The van der Waals surface area contributed by atoms with Gasteiger partial charge in [0.05, 0.1) is 33.6 Å². The molecule has 0 aliphatic rings. The van der Waals surface area contributed by atoms with Crippen LogP contribution < -0.4 is 0 Å². The number of carbonyl (C=O) groups excluding carboxylic acids is 1. The summed E-state index contributed by atoms with van der Waals surface area (Å²) >= 11 is 5.98. The van der Waals surface area contributed by atoms with Gasteiger partial charge in [-0.25, -0.2) is 14.5 Å². The highest BCUT2D eigenvalue weighted by molar-refractivity contribution is 6.35. The fraction of sp³-hybridized carbons (Fsp3) is 0.0476. The van der Waals surface area contributed by atoms with E-state index >= 15 is 0 Å². The zero-order valence-corrected chi connectivity index (χ0v) is 16.1. The Balaban J connectivity index is 1.91. The van der Waals surface area contributed by atoms with Gasteiger partial charge in [0.25, 0.3) is 0 Å². The molecule has 6 nitrogen and oxygen atoms in total. The summed E-state index contributed by atoms with van der Waals surface area (Å²) in [5, 5.41) is 13.2. The maximum atomic E-state index is 13.5. The van der Waals surface area contributed by atoms with Gasteiger partial charge in [0, 0.05) is 5.39 Å². The minimum absolute atomic E-state index is 0.192. The van der Waals surface area contributed by atoms with Crippen LogP contribution in [-0.2, 0) is 6.18 Å². The monoisotopic (exact) mass is 445 g/mol. The molecule has 0 aliphatic carbocycles. The third kappa shape index (κ3) is 3.64. The summed E-state index contributed by atoms with van der Waals surface area (Å²) < 4.78 is 41.8. The van der Waals surface area contributed by atoms with E-state index in [2.05, 4.69) is 10.1 Å². The van der Waals surface area contributed by atoms with E-state index in [1.165, 1.54) is 29.1 Å². The predicted molar refractivity (Wildman–Crippen MR) is 106 cm³/mol. The van der Waals surface area contributed by atoms with Crippen LogP contribution in [0, 0.1) is 0 Å². The SMILES string of the molecule is O=C(O)c1ccc(-n2nc(C(=O)c3c(Cl)cccc3C(F)(F)F)c3ccccc32)cn1. The van der Waals surface area contributed by atoms with Crippen LogP contribution in [0.15, 0.2) is 60.8 Å². The molecule has 0 radical (unpaired) electrons. The van der Waals surface area contributed by atoms with Gasteiger partial charge in [0.15, 0.2) is 0 Å². The van der Waals surface area contributed by atoms with Crippen molar-refractivity contribution in [3.8, 4) is 5.69 Å². The topological polar surface area (TPSA) is 85.1 Å². The van der Waals surface area contributed by atoms with Crippen molar-refractivity contribution in [3.05, 3.63) is 88.3 Å². The number of aromatic nitrogens is 3. The summed E-state index contributed by atoms with van der Waals surface area (Å²) in [6.07, 6.45) is -3.54. The molecule has 2 aromatic carbocycles. The van der Waals surface area contributed by atoms with Crippen molar-refractivity contribution in [1.82, 2.24) is 14.8 Å². The predicted octanol–water partition coefficient (Wildman–Crippen LogP) is 5.02. The average Bonchev–Trinajstić information content (AvgIpc) is 3.12. The molecule has 31 heavy (non-hydrogen) atoms. The molecule has 4 aromatic rings. The number of aromatic carboxylic acids is 1. The van der Waals surface area contributed by atoms with Crippen LogP contribution in [0.4, 0.5) is 13.2 Å². The number of benzene rings is 2. The number of rotatable bonds is 4. The highest BCUT2D eigenvalue weighted by Gasteiger charge is 2.37. The first-order valence-electron chi connectivity index (χ1n) is 8.76. The van der Waals surface area contributed by atoms with Crippen LogP contribution in [-0.4, -0.2) is 31.6 Å². The Hall–Kier alpha value is -3.72. The van der Waals surface area contributed by atoms with Crippen LogP contribution in [0.2, 0.25) is 5.02 Å². The number of nitrogens with zero attached hydrogens (tertiary/aromatic N) is 3. The number of carbonyl (C=O) groups is 2. The maximum absolute atomic E-state index is 13.5. The second kappa shape index (κ2) is 7.51. The lowest BCUT2D eigenvalue weighted by Gasteiger charge is -2.12. The Kier molecular flexibility index (Phi) is 4.98. The number of ketones is 1. The molecule has 10 heteroatoms. The lowest BCUT2D eigenvalue weighted by Crippen LogP contribution is -2.15. The Morgan fingerprint density at radius 1 is 1.00 bits per heavy atom. The van der Waals surface area contributed by atoms with Gasteiger partial charge in [-0.1, -0.05) is 35.9 Å². The van der Waals surface area contributed by atoms with Gasteiger partial charge in [0.2, 0.25) is 5.78 Å². The minimum Gasteiger partial charge on any atom is -0.477 e. The Morgan fingerprint density at radius 3 is 2.39 bits per heavy atom. The molecule has 2 heterocycles. The van der Waals surface area contributed by atoms with Crippen LogP contribution >= 0.6 is 11.6 Å². The number of halogens is 4. The van der Waals surface area contributed by atoms with Crippen molar-refractivity contribution < 1.29 is 27.9 Å². The van der Waals surface area contributed by atoms with Crippen LogP contribution in [0.5, 0.6) is 0 Å². The van der Waals surface area contributed by atoms with Crippen LogP contribution in [0.25, 0.3) is 16.6 Å². The molecule has 0 saturated heterocycles. The van der Waals surface area contributed by atoms with E-state index < -0.39 is 29.1 Å². The Morgan fingerprint density at radius 2 is 1.74 bits per heavy atom. The first kappa shape index (κ1) is 20.5. The van der Waals surface area contributed by atoms with Crippen molar-refractivity contribution >= 4 is 34.3 Å². The normalized spacial score (nSPS) is 11.6. The largest absolute Gasteiger partial charge is 0.477 e. The van der Waals surface area contributed by atoms with Crippen LogP contribution in [0.1, 0.15) is 32.1 Å². The number of fused-ring (bicyclic) bond motifs is 1. The van der Waals surface area contributed by atoms with E-state index in [9.17, 15) is 22.8 Å². The quantitative estimate of drug-likeness (QED) is 0.446. The van der Waals surface area contributed by atoms with Gasteiger partial charge in [-0.05, 0) is 30.3 Å². The molecule has 0 atom stereocenters. The van der Waals surface area contributed by atoms with E-state index in [1.54, 1.807) is 24.3 Å². The number of carboxylic acids is 1. The highest BCUT2D eigenvalue weighted by atomic mass is 35.5. The highest BCUT2D eigenvalue weighted by Crippen LogP contribution is 2.37. The molecular weight excluding hydrogens is 435 g/mol. The molecule has 0 amide bonds. The number of para-hydroxylation sites is 1. The number of hydrogen-bond acceptors (Lipinski definition) is 4. The molecule has 0 spiro atoms. The molecular formula is C21H11ClF3N3O3. The lowest BCUT2D eigenvalue weighted by atomic mass is 9.99. The number of alkyl halides is 3. The number of hydrogen-bond donors (Lipinski definition) is 1. The van der Waals surface area contributed by atoms with E-state index in [1.807, 2.05) is 0 Å². The van der Waals surface area contributed by atoms with Gasteiger partial charge in [-0.15, -0.1) is 0 Å². The standard InChI is InChI=1S/C21H11ClF3N3O3/c22-14-6-3-5-13(21(23,24)25)17(14)19(29)18-12-4-1-2-7-16(12)28(27-18)11-8-9-15(20(30)31)26-10-11/h1-10H,(H,30,31). The van der Waals surface area contributed by atoms with Crippen molar-refractivity contribution in [1.29, 1.82) is 0 Å². The number of carboxylic acid groups (broad SMARTS) is 1. The molecule has 0 unspecified atom stereocenters. The van der Waals surface area contributed by atoms with Crippen molar-refractivity contribution in [2.45, 2.75) is 6.18 Å². The molecule has 0 saturated carbocycles. The second-order valence-corrected chi connectivity index (χ2v) is 6.88. The molecule has 4 rings (SSSR count). The molecule has 0 aliphatic heterocycles. The smallest absolute Gasteiger partial charge is 0.417 e. The van der Waals surface area contributed by atoms with E-state index in [0.717, 1.165) is 12.1 Å². The fourth-order valence-electron chi connectivity index (χ4n) is 3.18. The molecule has 0 bridgehead atoms. The molecule has 156 valence electrons. The lowest BCUT2D eigenvalue weighted by molar-refractivity contribution is -0.137. The minimum atomic E-state index is -4.79. The summed E-state index contributed by atoms with van der Waals surface area (Å²) in [5.41, 5.74) is -1.51. The average molecular weight is 446 g/mol. The summed E-state index contributed by atoms with van der Waals surface area (Å²) in [5.74, 6) is -2.20. The Bertz CT molecular complexity index is 1330. The maximum Gasteiger partial charge on any atom is 0.417 e. The van der Waals surface area contributed by atoms with Gasteiger partial charge in [0.1, 0.15) is 11.4 Å². The van der Waals surface area contributed by atoms with E-state index in [-0.39, 0.29) is 16.4 Å². The third-order valence-electron chi connectivity index (χ3n) is 4.56. The summed E-state index contributed by atoms with van der Waals surface area (Å²) in [6.45, 7) is 0. The molecule has 1 N–H and O–H groups in total. The summed E-state index contributed by atoms with van der Waals surface area (Å²) in [6, 6.07) is 12.3. The zero-order chi connectivity index (χ0) is 22.3. The van der Waals surface area contributed by atoms with Crippen molar-refractivity contribution in [2.75, 3.05) is 0 Å². The third-order valence-corrected chi connectivity index (χ3v) is 4.88. The van der Waals surface area contributed by atoms with Gasteiger partial charge < -0.3 is 5.11 Å². The fourth-order valence-corrected chi connectivity index (χ4v) is 3.44. The first-order chi connectivity index (χ1) is 14.7. The second-order valence-electron chi connectivity index (χ2n) is 6.47. The molecule has 2 aromatic heterocycles. The summed E-state index contributed by atoms with van der Waals surface area (Å²) in [4.78, 5) is 28.0. The van der Waals surface area contributed by atoms with E-state index in [4.69, 9.17) is 16.7 Å². The zero-order valence-electron chi connectivity index (χ0n) is 15.4. The number of pyridine rings is 1. The van der Waals surface area contributed by atoms with Gasteiger partial charge in [-0.2, -0.15) is 18.3 Å². The van der Waals surface area contributed by atoms with Gasteiger partial charge >= 0.3 is 12.1 Å². The Labute approximate surface area is 177 Å². The van der Waals surface area contributed by atoms with Crippen molar-refractivity contribution in [3.63, 3.8) is 0 Å². The summed E-state index contributed by atoms with van der Waals surface area (Å²) in [7, 11) is 0. The first-order valence-corrected chi connectivity index (χ1v) is 9.14. The van der Waals surface area contributed by atoms with Crippen molar-refractivity contribution in [2.24, 2.45) is 0 Å². The van der Waals surface area contributed by atoms with Crippen LogP contribution in [0.3, 0.4) is 0 Å².